The van der Waals surface area contributed by atoms with Crippen LogP contribution in [0.4, 0.5) is 0 Å². The third-order valence-electron chi connectivity index (χ3n) is 13.9. The molecule has 7 atom stereocenters. The Kier molecular flexibility index (Phi) is 47.0. The second-order valence-corrected chi connectivity index (χ2v) is 20.4. The van der Waals surface area contributed by atoms with E-state index in [2.05, 4.69) is 55.6 Å². The molecule has 404 valence electrons. The Morgan fingerprint density at radius 2 is 0.870 bits per heavy atom. The molecule has 0 aromatic carbocycles. The van der Waals surface area contributed by atoms with Gasteiger partial charge in [0.15, 0.2) is 6.29 Å². The number of hydrogen-bond donors (Lipinski definition) is 6. The topological polar surface area (TPSA) is 149 Å². The molecule has 1 aliphatic heterocycles. The zero-order chi connectivity index (χ0) is 50.1. The van der Waals surface area contributed by atoms with Crippen LogP contribution in [-0.4, -0.2) is 87.5 Å². The number of aliphatic hydroxyl groups excluding tert-OH is 5. The maximum Gasteiger partial charge on any atom is 0.220 e. The summed E-state index contributed by atoms with van der Waals surface area (Å²) >= 11 is 0. The number of allylic oxidation sites excluding steroid dienone is 7. The Morgan fingerprint density at radius 1 is 0.493 bits per heavy atom. The second-order valence-electron chi connectivity index (χ2n) is 20.4. The fourth-order valence-electron chi connectivity index (χ4n) is 9.20. The zero-order valence-corrected chi connectivity index (χ0v) is 44.8. The lowest BCUT2D eigenvalue weighted by atomic mass is 9.99. The fourth-order valence-corrected chi connectivity index (χ4v) is 9.20. The molecule has 6 N–H and O–H groups in total. The highest BCUT2D eigenvalue weighted by Gasteiger charge is 2.44. The normalized spacial score (nSPS) is 19.8. The highest BCUT2D eigenvalue weighted by molar-refractivity contribution is 5.76. The highest BCUT2D eigenvalue weighted by atomic mass is 16.7. The lowest BCUT2D eigenvalue weighted by molar-refractivity contribution is -0.302. The molecule has 0 spiro atoms. The lowest BCUT2D eigenvalue weighted by Gasteiger charge is -2.40. The third kappa shape index (κ3) is 39.4. The van der Waals surface area contributed by atoms with Gasteiger partial charge in [0.25, 0.3) is 0 Å². The second kappa shape index (κ2) is 49.7. The first-order valence-corrected chi connectivity index (χ1v) is 29.4. The maximum atomic E-state index is 13.1. The first kappa shape index (κ1) is 65.2. The Labute approximate surface area is 424 Å². The number of nitrogens with one attached hydrogen (secondary N) is 1. The van der Waals surface area contributed by atoms with Crippen LogP contribution in [-0.2, 0) is 14.3 Å². The third-order valence-corrected chi connectivity index (χ3v) is 13.9. The Morgan fingerprint density at radius 3 is 1.30 bits per heavy atom. The van der Waals surface area contributed by atoms with Gasteiger partial charge in [-0.2, -0.15) is 0 Å². The monoisotopic (exact) mass is 974 g/mol. The average molecular weight is 975 g/mol. The van der Waals surface area contributed by atoms with Crippen LogP contribution in [0.15, 0.2) is 48.6 Å². The summed E-state index contributed by atoms with van der Waals surface area (Å²) in [4.78, 5) is 13.1. The minimum absolute atomic E-state index is 0.184. The molecule has 0 aromatic heterocycles. The van der Waals surface area contributed by atoms with E-state index in [0.29, 0.717) is 6.42 Å². The van der Waals surface area contributed by atoms with E-state index in [9.17, 15) is 30.3 Å². The summed E-state index contributed by atoms with van der Waals surface area (Å²) in [6, 6.07) is -0.821. The van der Waals surface area contributed by atoms with E-state index in [-0.39, 0.29) is 12.5 Å². The quantitative estimate of drug-likeness (QED) is 0.0261. The summed E-state index contributed by atoms with van der Waals surface area (Å²) in [7, 11) is 0. The van der Waals surface area contributed by atoms with Crippen molar-refractivity contribution in [1.82, 2.24) is 5.32 Å². The van der Waals surface area contributed by atoms with Crippen molar-refractivity contribution in [3.63, 3.8) is 0 Å². The van der Waals surface area contributed by atoms with E-state index >= 15 is 0 Å². The van der Waals surface area contributed by atoms with Gasteiger partial charge >= 0.3 is 0 Å². The predicted molar refractivity (Wildman–Crippen MR) is 290 cm³/mol. The number of carbonyl (C=O) groups excluding carboxylic acids is 1. The number of unbranched alkanes of at least 4 members (excludes halogenated alkanes) is 34. The van der Waals surface area contributed by atoms with Crippen molar-refractivity contribution >= 4 is 5.91 Å². The van der Waals surface area contributed by atoms with Gasteiger partial charge in [0.05, 0.1) is 25.4 Å². The lowest BCUT2D eigenvalue weighted by Crippen LogP contribution is -2.60. The number of rotatable bonds is 50. The highest BCUT2D eigenvalue weighted by Crippen LogP contribution is 2.23. The largest absolute Gasteiger partial charge is 0.394 e. The minimum Gasteiger partial charge on any atom is -0.394 e. The molecule has 1 fully saturated rings. The molecule has 69 heavy (non-hydrogen) atoms. The van der Waals surface area contributed by atoms with Crippen LogP contribution in [0.2, 0.25) is 0 Å². The minimum atomic E-state index is -1.57. The molecule has 0 bridgehead atoms. The van der Waals surface area contributed by atoms with Crippen molar-refractivity contribution in [3.8, 4) is 0 Å². The molecule has 7 unspecified atom stereocenters. The number of carbonyl (C=O) groups is 1. The van der Waals surface area contributed by atoms with Crippen LogP contribution in [0.3, 0.4) is 0 Å². The van der Waals surface area contributed by atoms with Gasteiger partial charge in [-0.1, -0.05) is 249 Å². The molecule has 0 radical (unpaired) electrons. The molecule has 0 saturated carbocycles. The van der Waals surface area contributed by atoms with Gasteiger partial charge in [-0.15, -0.1) is 0 Å². The number of aliphatic hydroxyl groups is 5. The molecule has 1 rings (SSSR count). The molecule has 0 aliphatic carbocycles. The molecule has 1 heterocycles. The van der Waals surface area contributed by atoms with Crippen LogP contribution in [0.5, 0.6) is 0 Å². The Balaban J connectivity index is 2.19. The van der Waals surface area contributed by atoms with Crippen molar-refractivity contribution in [3.05, 3.63) is 48.6 Å². The smallest absolute Gasteiger partial charge is 0.220 e. The molecule has 9 heteroatoms. The van der Waals surface area contributed by atoms with Crippen molar-refractivity contribution in [1.29, 1.82) is 0 Å². The van der Waals surface area contributed by atoms with Gasteiger partial charge in [0, 0.05) is 6.42 Å². The van der Waals surface area contributed by atoms with Crippen molar-refractivity contribution in [2.75, 3.05) is 13.2 Å². The van der Waals surface area contributed by atoms with Crippen LogP contribution in [0.1, 0.15) is 271 Å². The average Bonchev–Trinajstić information content (AvgIpc) is 3.35. The summed E-state index contributed by atoms with van der Waals surface area (Å²) in [6.07, 6.45) is 59.0. The van der Waals surface area contributed by atoms with E-state index in [0.717, 1.165) is 44.9 Å². The van der Waals surface area contributed by atoms with E-state index in [4.69, 9.17) is 9.47 Å². The predicted octanol–water partition coefficient (Wildman–Crippen LogP) is 14.5. The standard InChI is InChI=1S/C60H111NO8/c1-3-5-7-9-11-13-15-17-19-21-22-23-24-25-26-27-28-29-30-31-32-34-36-38-40-42-44-46-48-50-56(64)61-53(52-68-60-59(67)58(66)57(65)55(51-62)69-60)54(63)49-47-45-43-41-39-37-35-33-20-18-16-14-12-10-8-6-4-2/h15,17,21-22,39,41,47,49,53-55,57-60,62-63,65-67H,3-14,16,18-20,23-38,40,42-46,48,50-52H2,1-2H3,(H,61,64)/b17-15-,22-21-,41-39+,49-47+. The van der Waals surface area contributed by atoms with Crippen LogP contribution in [0, 0.1) is 0 Å². The number of amides is 1. The van der Waals surface area contributed by atoms with Gasteiger partial charge in [-0.3, -0.25) is 4.79 Å². The molecule has 1 aliphatic rings. The van der Waals surface area contributed by atoms with E-state index < -0.39 is 49.5 Å². The van der Waals surface area contributed by atoms with Gasteiger partial charge in [-0.05, 0) is 64.2 Å². The first-order chi connectivity index (χ1) is 33.8. The van der Waals surface area contributed by atoms with Crippen molar-refractivity contribution in [2.24, 2.45) is 0 Å². The van der Waals surface area contributed by atoms with E-state index in [1.54, 1.807) is 6.08 Å². The van der Waals surface area contributed by atoms with Crippen molar-refractivity contribution < 1.29 is 39.8 Å². The Hall–Kier alpha value is -1.85. The van der Waals surface area contributed by atoms with Crippen LogP contribution in [0.25, 0.3) is 0 Å². The number of hydrogen-bond acceptors (Lipinski definition) is 8. The molecular formula is C60H111NO8. The summed E-state index contributed by atoms with van der Waals surface area (Å²) in [5.41, 5.74) is 0. The van der Waals surface area contributed by atoms with Gasteiger partial charge in [0.2, 0.25) is 5.91 Å². The van der Waals surface area contributed by atoms with Gasteiger partial charge < -0.3 is 40.3 Å². The van der Waals surface area contributed by atoms with Crippen LogP contribution >= 0.6 is 0 Å². The molecule has 9 nitrogen and oxygen atoms in total. The van der Waals surface area contributed by atoms with Gasteiger partial charge in [0.1, 0.15) is 24.4 Å². The first-order valence-electron chi connectivity index (χ1n) is 29.4. The molecule has 1 saturated heterocycles. The summed E-state index contributed by atoms with van der Waals surface area (Å²) in [5.74, 6) is -0.184. The summed E-state index contributed by atoms with van der Waals surface area (Å²) in [5, 5.41) is 54.5. The van der Waals surface area contributed by atoms with E-state index in [1.165, 1.54) is 205 Å². The van der Waals surface area contributed by atoms with E-state index in [1.807, 2.05) is 6.08 Å². The zero-order valence-electron chi connectivity index (χ0n) is 44.8. The summed E-state index contributed by atoms with van der Waals surface area (Å²) in [6.45, 7) is 3.77. The SMILES string of the molecule is CCCCCCC/C=C\C/C=C\CCCCCCCCCCCCCCCCCCCC(=O)NC(COC1OC(CO)C(O)C(O)C1O)C(O)/C=C/CC/C=C/CCCCCCCCCCCCC. The fraction of sp³-hybridized carbons (Fsp3) is 0.850. The summed E-state index contributed by atoms with van der Waals surface area (Å²) < 4.78 is 11.3. The van der Waals surface area contributed by atoms with Gasteiger partial charge in [-0.25, -0.2) is 0 Å². The molecular weight excluding hydrogens is 863 g/mol. The Bertz CT molecular complexity index is 1220. The molecule has 0 aromatic rings. The number of ether oxygens (including phenoxy) is 2. The van der Waals surface area contributed by atoms with Crippen molar-refractivity contribution in [2.45, 2.75) is 314 Å². The molecule has 1 amide bonds. The maximum absolute atomic E-state index is 13.1. The van der Waals surface area contributed by atoms with Crippen LogP contribution < -0.4 is 5.32 Å².